The minimum atomic E-state index is -1.53. The van der Waals surface area contributed by atoms with Crippen molar-refractivity contribution in [3.63, 3.8) is 0 Å². The van der Waals surface area contributed by atoms with Crippen LogP contribution in [0.15, 0.2) is 63.9 Å². The zero-order valence-electron chi connectivity index (χ0n) is 26.5. The number of nitrogens with two attached hydrogens (primary N) is 1. The number of hydrogen-bond acceptors (Lipinski definition) is 9. The van der Waals surface area contributed by atoms with Crippen molar-refractivity contribution in [1.82, 2.24) is 0 Å². The number of aliphatic hydroxyl groups excluding tert-OH is 2. The van der Waals surface area contributed by atoms with Crippen molar-refractivity contribution >= 4 is 34.7 Å². The molecule has 2 aromatic rings. The minimum absolute atomic E-state index is 0.00116. The summed E-state index contributed by atoms with van der Waals surface area (Å²) >= 11 is 0.864. The van der Waals surface area contributed by atoms with Gasteiger partial charge in [-0.15, -0.1) is 0 Å². The normalized spacial score (nSPS) is 36.6. The predicted octanol–water partition coefficient (Wildman–Crippen LogP) is 5.08. The first-order valence-electron chi connectivity index (χ1n) is 16.1. The Kier molecular flexibility index (Phi) is 7.48. The van der Waals surface area contributed by atoms with Crippen LogP contribution in [0.25, 0.3) is 0 Å². The summed E-state index contributed by atoms with van der Waals surface area (Å²) in [6.07, 6.45) is 8.22. The van der Waals surface area contributed by atoms with Crippen LogP contribution in [0, 0.1) is 50.1 Å². The lowest BCUT2D eigenvalue weighted by molar-refractivity contribution is -0.513. The molecule has 7 atom stereocenters. The second-order valence-electron chi connectivity index (χ2n) is 14.4. The van der Waals surface area contributed by atoms with E-state index in [1.807, 2.05) is 18.3 Å². The lowest BCUT2D eigenvalue weighted by Gasteiger charge is -2.60. The average molecular weight is 661 g/mol. The zero-order chi connectivity index (χ0) is 33.4. The zero-order valence-corrected chi connectivity index (χ0v) is 27.3. The van der Waals surface area contributed by atoms with Crippen LogP contribution in [-0.2, 0) is 16.1 Å². The summed E-state index contributed by atoms with van der Waals surface area (Å²) < 4.78 is 25.6. The molecule has 0 bridgehead atoms. The molecule has 4 saturated carbocycles. The van der Waals surface area contributed by atoms with E-state index in [-0.39, 0.29) is 39.9 Å². The summed E-state index contributed by atoms with van der Waals surface area (Å²) in [6, 6.07) is 9.72. The quantitative estimate of drug-likeness (QED) is 0.173. The number of quaternary nitrogens is 1. The molecule has 1 aromatic heterocycles. The van der Waals surface area contributed by atoms with Crippen molar-refractivity contribution in [1.29, 1.82) is 10.7 Å². The van der Waals surface area contributed by atoms with E-state index >= 15 is 0 Å². The molecule has 11 heteroatoms. The van der Waals surface area contributed by atoms with Gasteiger partial charge < -0.3 is 24.8 Å². The number of ether oxygens (including phenoxy) is 1. The Balaban J connectivity index is 1.24. The molecule has 7 rings (SSSR count). The number of fused-ring (bicyclic) bond motifs is 2. The highest BCUT2D eigenvalue weighted by atomic mass is 32.2. The number of aliphatic hydroxyl groups is 2. The first-order valence-corrected chi connectivity index (χ1v) is 17.1. The van der Waals surface area contributed by atoms with E-state index in [9.17, 15) is 29.5 Å². The summed E-state index contributed by atoms with van der Waals surface area (Å²) in [7, 11) is 0. The number of nitriles is 1. The van der Waals surface area contributed by atoms with E-state index in [0.717, 1.165) is 48.0 Å². The van der Waals surface area contributed by atoms with Crippen LogP contribution in [0.3, 0.4) is 0 Å². The third-order valence-electron chi connectivity index (χ3n) is 12.8. The van der Waals surface area contributed by atoms with E-state index in [1.165, 1.54) is 30.2 Å². The molecule has 0 spiro atoms. The fourth-order valence-corrected chi connectivity index (χ4v) is 11.5. The average Bonchev–Trinajstić information content (AvgIpc) is 3.33. The lowest BCUT2D eigenvalue weighted by Crippen LogP contribution is -2.76. The van der Waals surface area contributed by atoms with Crippen molar-refractivity contribution in [2.75, 3.05) is 5.75 Å². The Bertz CT molecular complexity index is 1780. The van der Waals surface area contributed by atoms with Gasteiger partial charge in [-0.2, -0.15) is 5.26 Å². The fraction of sp³-hybridized carbons (Fsp3) is 0.500. The van der Waals surface area contributed by atoms with Crippen LogP contribution in [0.1, 0.15) is 74.9 Å². The highest BCUT2D eigenvalue weighted by Gasteiger charge is 2.88. The van der Waals surface area contributed by atoms with E-state index in [2.05, 4.69) is 13.0 Å². The number of benzene rings is 1. The molecular weight excluding hydrogens is 621 g/mol. The van der Waals surface area contributed by atoms with Crippen molar-refractivity contribution in [3.05, 3.63) is 76.7 Å². The van der Waals surface area contributed by atoms with Gasteiger partial charge in [-0.1, -0.05) is 31.2 Å². The summed E-state index contributed by atoms with van der Waals surface area (Å²) in [5, 5.41) is 41.2. The van der Waals surface area contributed by atoms with Gasteiger partial charge in [0.2, 0.25) is 10.9 Å². The van der Waals surface area contributed by atoms with Crippen molar-refractivity contribution in [2.24, 2.45) is 27.6 Å². The predicted molar refractivity (Wildman–Crippen MR) is 171 cm³/mol. The Morgan fingerprint density at radius 1 is 1.30 bits per heavy atom. The molecule has 5 aliphatic carbocycles. The summed E-state index contributed by atoms with van der Waals surface area (Å²) in [4.78, 5) is 27.4. The molecule has 2 unspecified atom stereocenters. The van der Waals surface area contributed by atoms with Crippen molar-refractivity contribution < 1.29 is 38.7 Å². The molecule has 1 heterocycles. The molecule has 0 radical (unpaired) electrons. The van der Waals surface area contributed by atoms with Gasteiger partial charge in [-0.3, -0.25) is 10.1 Å². The number of allylic oxidation sites excluding steroid dienone is 3. The lowest BCUT2D eigenvalue weighted by atomic mass is 9.45. The number of carbonyl (C=O) groups excluding carboxylic acids is 2. The van der Waals surface area contributed by atoms with E-state index in [0.29, 0.717) is 19.3 Å². The number of furan rings is 1. The molecule has 246 valence electrons. The van der Waals surface area contributed by atoms with Gasteiger partial charge >= 0.3 is 5.97 Å². The number of esters is 1. The largest absolute Gasteiger partial charge is 0.457 e. The third-order valence-corrected chi connectivity index (χ3v) is 13.7. The smallest absolute Gasteiger partial charge is 0.375 e. The van der Waals surface area contributed by atoms with Gasteiger partial charge in [0.05, 0.1) is 30.8 Å². The Morgan fingerprint density at radius 2 is 2.11 bits per heavy atom. The van der Waals surface area contributed by atoms with E-state index in [4.69, 9.17) is 14.6 Å². The molecule has 5 aliphatic rings. The van der Waals surface area contributed by atoms with Gasteiger partial charge in [0.25, 0.3) is 0 Å². The maximum atomic E-state index is 14.1. The van der Waals surface area contributed by atoms with Crippen molar-refractivity contribution in [2.45, 2.75) is 77.1 Å². The Labute approximate surface area is 276 Å². The second kappa shape index (κ2) is 11.0. The Morgan fingerprint density at radius 3 is 2.81 bits per heavy atom. The fourth-order valence-electron chi connectivity index (χ4n) is 10.7. The van der Waals surface area contributed by atoms with Crippen LogP contribution in [0.2, 0.25) is 0 Å². The van der Waals surface area contributed by atoms with Gasteiger partial charge in [0.15, 0.2) is 5.60 Å². The van der Waals surface area contributed by atoms with Gasteiger partial charge in [0, 0.05) is 45.7 Å². The highest BCUT2D eigenvalue weighted by Crippen LogP contribution is 2.90. The first kappa shape index (κ1) is 32.0. The number of halogens is 1. The maximum absolute atomic E-state index is 14.1. The number of carbonyl (C=O) groups is 2. The SMILES string of the molecule is C[C@]12CC(C=N)=C([NH2+]c3ccc(F)c(CO)c3)C=C1CC[C@]13CC12[C@@H](O)C[C@@]1(C)C3CC[C@]1(OC(=O)c1ccco1)C(=O)SCC#N. The standard InChI is InChI=1S/C36H38FN3O6S/c1-32-16-22(18-39)26(40-24-5-6-25(37)21(14-24)19-41)15-23(32)7-9-34-20-35(32,34)29(42)17-33(2)28(34)8-10-36(33,31(44)47-13-11-38)46-30(43)27-4-3-12-45-27/h3-6,12,14-15,18,28-29,39-42H,7-10,13,16-17,19-20H2,1-2H3/p+1/t28?,29-,32-,33-,34+,35?,36-/m0/s1. The molecule has 0 saturated heterocycles. The van der Waals surface area contributed by atoms with Crippen LogP contribution < -0.4 is 5.32 Å². The highest BCUT2D eigenvalue weighted by molar-refractivity contribution is 8.14. The van der Waals surface area contributed by atoms with Crippen LogP contribution >= 0.6 is 11.8 Å². The molecule has 9 nitrogen and oxygen atoms in total. The molecule has 0 amide bonds. The van der Waals surface area contributed by atoms with Gasteiger partial charge in [-0.25, -0.2) is 9.18 Å². The third kappa shape index (κ3) is 4.21. The number of thioether (sulfide) groups is 1. The van der Waals surface area contributed by atoms with E-state index in [1.54, 1.807) is 18.2 Å². The van der Waals surface area contributed by atoms with Gasteiger partial charge in [0.1, 0.15) is 17.2 Å². The number of nitrogens with zero attached hydrogens (tertiary/aromatic N) is 1. The summed E-state index contributed by atoms with van der Waals surface area (Å²) in [6.45, 7) is 3.79. The van der Waals surface area contributed by atoms with E-state index < -0.39 is 46.3 Å². The second-order valence-corrected chi connectivity index (χ2v) is 15.4. The summed E-state index contributed by atoms with van der Waals surface area (Å²) in [5.74, 6) is -1.27. The van der Waals surface area contributed by atoms with Crippen LogP contribution in [-0.4, -0.2) is 45.0 Å². The maximum Gasteiger partial charge on any atom is 0.375 e. The minimum Gasteiger partial charge on any atom is -0.457 e. The first-order chi connectivity index (χ1) is 22.4. The molecule has 47 heavy (non-hydrogen) atoms. The number of nitrogens with one attached hydrogen (secondary N) is 1. The molecule has 4 fully saturated rings. The number of hydrogen-bond donors (Lipinski definition) is 4. The van der Waals surface area contributed by atoms with Crippen molar-refractivity contribution in [3.8, 4) is 6.07 Å². The monoisotopic (exact) mass is 660 g/mol. The van der Waals surface area contributed by atoms with Gasteiger partial charge in [-0.05, 0) is 80.6 Å². The Hall–Kier alpha value is -3.56. The molecule has 0 aliphatic heterocycles. The summed E-state index contributed by atoms with van der Waals surface area (Å²) in [5.41, 5.74) is 0.252. The van der Waals surface area contributed by atoms with Crippen LogP contribution in [0.5, 0.6) is 0 Å². The van der Waals surface area contributed by atoms with Crippen LogP contribution in [0.4, 0.5) is 10.1 Å². The molecule has 5 N–H and O–H groups in total. The number of rotatable bonds is 8. The topological polar surface area (TPSA) is 161 Å². The molecule has 1 aromatic carbocycles. The molecular formula is C36H39FN3O6S+.